The maximum Gasteiger partial charge on any atom is 0.161 e. The van der Waals surface area contributed by atoms with Gasteiger partial charge in [0.2, 0.25) is 0 Å². The van der Waals surface area contributed by atoms with Gasteiger partial charge < -0.3 is 24.3 Å². The Balaban J connectivity index is 1.65. The summed E-state index contributed by atoms with van der Waals surface area (Å²) in [5.74, 6) is 2.93. The van der Waals surface area contributed by atoms with E-state index in [0.29, 0.717) is 6.04 Å². The van der Waals surface area contributed by atoms with Gasteiger partial charge in [-0.15, -0.1) is 0 Å². The first-order chi connectivity index (χ1) is 18.2. The van der Waals surface area contributed by atoms with Gasteiger partial charge in [-0.3, -0.25) is 4.90 Å². The van der Waals surface area contributed by atoms with Gasteiger partial charge in [0.25, 0.3) is 0 Å². The van der Waals surface area contributed by atoms with E-state index in [-0.39, 0.29) is 6.04 Å². The van der Waals surface area contributed by atoms with Crippen molar-refractivity contribution in [1.82, 2.24) is 10.2 Å². The van der Waals surface area contributed by atoms with E-state index in [1.807, 2.05) is 0 Å². The molecule has 0 bridgehead atoms. The maximum atomic E-state index is 5.78. The molecule has 4 aromatic rings. The zero-order valence-electron chi connectivity index (χ0n) is 22.0. The van der Waals surface area contributed by atoms with Crippen molar-refractivity contribution in [3.8, 4) is 23.0 Å². The topological polar surface area (TPSA) is 52.2 Å². The Morgan fingerprint density at radius 3 is 1.95 bits per heavy atom. The van der Waals surface area contributed by atoms with Gasteiger partial charge in [0.1, 0.15) is 0 Å². The summed E-state index contributed by atoms with van der Waals surface area (Å²) in [5, 5.41) is 8.63. The first-order valence-corrected chi connectivity index (χ1v) is 12.9. The Morgan fingerprint density at radius 2 is 1.32 bits per heavy atom. The van der Waals surface area contributed by atoms with Crippen LogP contribution < -0.4 is 24.3 Å². The molecule has 2 aliphatic rings. The highest BCUT2D eigenvalue weighted by molar-refractivity contribution is 6.13. The van der Waals surface area contributed by atoms with E-state index in [1.165, 1.54) is 40.3 Å². The van der Waals surface area contributed by atoms with Crippen molar-refractivity contribution in [2.75, 3.05) is 35.0 Å². The molecule has 6 nitrogen and oxygen atoms in total. The number of nitrogens with one attached hydrogen (secondary N) is 1. The van der Waals surface area contributed by atoms with E-state index >= 15 is 0 Å². The van der Waals surface area contributed by atoms with Crippen LogP contribution in [-0.4, -0.2) is 45.9 Å². The second-order valence-electron chi connectivity index (χ2n) is 9.92. The molecule has 0 unspecified atom stereocenters. The standard InChI is InChI=1S/C31H34N2O4/c1-34-26-13-20-21-14-27(35-2)29(37-4)16-23(21)30-24(22(20)15-28(26)36-3)18-33-12-8-11-25(33)31(30)32-17-19-9-6-5-7-10-19/h5-7,9-10,13-16,25,31-32H,8,11-12,17-18H2,1-4H3/t25-,31+/m1/s1. The number of rotatable bonds is 7. The Kier molecular flexibility index (Phi) is 6.31. The highest BCUT2D eigenvalue weighted by atomic mass is 16.5. The third-order valence-corrected chi connectivity index (χ3v) is 8.12. The molecule has 2 heterocycles. The van der Waals surface area contributed by atoms with Crippen LogP contribution in [0.15, 0.2) is 54.6 Å². The monoisotopic (exact) mass is 498 g/mol. The van der Waals surface area contributed by atoms with Gasteiger partial charge in [-0.2, -0.15) is 0 Å². The van der Waals surface area contributed by atoms with Crippen LogP contribution in [0, 0.1) is 0 Å². The molecule has 1 saturated heterocycles. The Hall–Kier alpha value is -3.48. The highest BCUT2D eigenvalue weighted by Gasteiger charge is 2.40. The van der Waals surface area contributed by atoms with Gasteiger partial charge >= 0.3 is 0 Å². The third-order valence-electron chi connectivity index (χ3n) is 8.12. The predicted molar refractivity (Wildman–Crippen MR) is 147 cm³/mol. The lowest BCUT2D eigenvalue weighted by Crippen LogP contribution is -2.44. The molecule has 4 aromatic carbocycles. The van der Waals surface area contributed by atoms with Gasteiger partial charge in [0.05, 0.1) is 28.4 Å². The molecule has 0 aromatic heterocycles. The van der Waals surface area contributed by atoms with Crippen LogP contribution in [0.1, 0.15) is 35.6 Å². The van der Waals surface area contributed by atoms with Crippen molar-refractivity contribution in [3.05, 3.63) is 71.3 Å². The molecule has 37 heavy (non-hydrogen) atoms. The summed E-state index contributed by atoms with van der Waals surface area (Å²) in [5.41, 5.74) is 3.99. The lowest BCUT2D eigenvalue weighted by atomic mass is 9.81. The lowest BCUT2D eigenvalue weighted by Gasteiger charge is -2.40. The molecule has 0 amide bonds. The van der Waals surface area contributed by atoms with Crippen LogP contribution in [0.2, 0.25) is 0 Å². The van der Waals surface area contributed by atoms with E-state index in [1.54, 1.807) is 28.4 Å². The average Bonchev–Trinajstić information content (AvgIpc) is 3.43. The summed E-state index contributed by atoms with van der Waals surface area (Å²) in [7, 11) is 6.78. The summed E-state index contributed by atoms with van der Waals surface area (Å²) in [6.07, 6.45) is 2.40. The van der Waals surface area contributed by atoms with Gasteiger partial charge in [0.15, 0.2) is 23.0 Å². The molecule has 6 heteroatoms. The summed E-state index contributed by atoms with van der Waals surface area (Å²) in [6.45, 7) is 2.85. The SMILES string of the molecule is COc1cc2c3c(c4cc(OC)c(OC)cc4c2cc1OC)[C@@H](NCc1ccccc1)[C@H]1CCCN1C3. The summed E-state index contributed by atoms with van der Waals surface area (Å²) < 4.78 is 23.0. The van der Waals surface area contributed by atoms with Crippen LogP contribution in [0.25, 0.3) is 21.5 Å². The van der Waals surface area contributed by atoms with Crippen LogP contribution >= 0.6 is 0 Å². The normalized spacial score (nSPS) is 19.0. The Labute approximate surface area is 218 Å². The summed E-state index contributed by atoms with van der Waals surface area (Å²) >= 11 is 0. The minimum atomic E-state index is 0.185. The number of methoxy groups -OCH3 is 4. The smallest absolute Gasteiger partial charge is 0.161 e. The van der Waals surface area contributed by atoms with Crippen molar-refractivity contribution in [2.45, 2.75) is 38.0 Å². The zero-order valence-corrected chi connectivity index (χ0v) is 22.0. The summed E-state index contributed by atoms with van der Waals surface area (Å²) in [4.78, 5) is 2.65. The van der Waals surface area contributed by atoms with Gasteiger partial charge in [-0.05, 0) is 81.9 Å². The molecule has 2 aliphatic heterocycles. The van der Waals surface area contributed by atoms with Gasteiger partial charge in [-0.25, -0.2) is 0 Å². The van der Waals surface area contributed by atoms with E-state index in [9.17, 15) is 0 Å². The third kappa shape index (κ3) is 3.95. The maximum absolute atomic E-state index is 5.78. The summed E-state index contributed by atoms with van der Waals surface area (Å²) in [6, 6.07) is 19.8. The van der Waals surface area contributed by atoms with Crippen LogP contribution in [0.5, 0.6) is 23.0 Å². The Bertz CT molecular complexity index is 1450. The minimum Gasteiger partial charge on any atom is -0.493 e. The van der Waals surface area contributed by atoms with Crippen LogP contribution in [0.3, 0.4) is 0 Å². The molecule has 1 fully saturated rings. The van der Waals surface area contributed by atoms with Crippen molar-refractivity contribution in [2.24, 2.45) is 0 Å². The molecule has 0 spiro atoms. The molecule has 2 atom stereocenters. The number of nitrogens with zero attached hydrogens (tertiary/aromatic N) is 1. The first-order valence-electron chi connectivity index (χ1n) is 12.9. The molecule has 1 N–H and O–H groups in total. The van der Waals surface area contributed by atoms with Crippen molar-refractivity contribution in [1.29, 1.82) is 0 Å². The number of hydrogen-bond donors (Lipinski definition) is 1. The van der Waals surface area contributed by atoms with Crippen molar-refractivity contribution < 1.29 is 18.9 Å². The lowest BCUT2D eigenvalue weighted by molar-refractivity contribution is 0.179. The van der Waals surface area contributed by atoms with E-state index in [0.717, 1.165) is 53.4 Å². The molecular formula is C31H34N2O4. The second kappa shape index (κ2) is 9.77. The number of benzene rings is 4. The molecule has 0 radical (unpaired) electrons. The van der Waals surface area contributed by atoms with Crippen molar-refractivity contribution >= 4 is 21.5 Å². The predicted octanol–water partition coefficient (Wildman–Crippen LogP) is 5.84. The van der Waals surface area contributed by atoms with E-state index < -0.39 is 0 Å². The quantitative estimate of drug-likeness (QED) is 0.323. The second-order valence-corrected chi connectivity index (χ2v) is 9.92. The molecule has 6 rings (SSSR count). The van der Waals surface area contributed by atoms with E-state index in [2.05, 4.69) is 64.8 Å². The molecular weight excluding hydrogens is 464 g/mol. The molecule has 0 aliphatic carbocycles. The Morgan fingerprint density at radius 1 is 0.757 bits per heavy atom. The van der Waals surface area contributed by atoms with Crippen LogP contribution in [-0.2, 0) is 13.1 Å². The first kappa shape index (κ1) is 23.9. The number of ether oxygens (including phenoxy) is 4. The fourth-order valence-corrected chi connectivity index (χ4v) is 6.39. The fraction of sp³-hybridized carbons (Fsp3) is 0.355. The fourth-order valence-electron chi connectivity index (χ4n) is 6.39. The highest BCUT2D eigenvalue weighted by Crippen LogP contribution is 2.49. The zero-order chi connectivity index (χ0) is 25.5. The van der Waals surface area contributed by atoms with Gasteiger partial charge in [-0.1, -0.05) is 30.3 Å². The average molecular weight is 499 g/mol. The number of fused-ring (bicyclic) bond motifs is 7. The number of hydrogen-bond acceptors (Lipinski definition) is 6. The van der Waals surface area contributed by atoms with Crippen LogP contribution in [0.4, 0.5) is 0 Å². The largest absolute Gasteiger partial charge is 0.493 e. The minimum absolute atomic E-state index is 0.185. The molecule has 0 saturated carbocycles. The van der Waals surface area contributed by atoms with E-state index in [4.69, 9.17) is 18.9 Å². The van der Waals surface area contributed by atoms with Gasteiger partial charge in [0, 0.05) is 25.2 Å². The van der Waals surface area contributed by atoms with Crippen molar-refractivity contribution in [3.63, 3.8) is 0 Å². The molecule has 192 valence electrons.